The third-order valence-corrected chi connectivity index (χ3v) is 5.01. The minimum Gasteiger partial charge on any atom is -0.399 e. The quantitative estimate of drug-likeness (QED) is 0.574. The zero-order chi connectivity index (χ0) is 14.1. The maximum absolute atomic E-state index is 13.7. The molecule has 102 valence electrons. The maximum Gasteiger partial charge on any atom is 0.141 e. The molecule has 6 heteroatoms. The number of aromatic nitrogens is 1. The van der Waals surface area contributed by atoms with Gasteiger partial charge in [-0.1, -0.05) is 12.1 Å². The van der Waals surface area contributed by atoms with Gasteiger partial charge in [0.05, 0.1) is 20.9 Å². The largest absolute Gasteiger partial charge is 0.399 e. The van der Waals surface area contributed by atoms with Crippen LogP contribution in [0.2, 0.25) is 0 Å². The van der Waals surface area contributed by atoms with E-state index in [2.05, 4.69) is 4.98 Å². The summed E-state index contributed by atoms with van der Waals surface area (Å²) in [5.74, 6) is -0.834. The van der Waals surface area contributed by atoms with Crippen LogP contribution < -0.4 is 5.73 Å². The van der Waals surface area contributed by atoms with E-state index in [9.17, 15) is 8.78 Å². The monoisotopic (exact) mass is 308 g/mol. The summed E-state index contributed by atoms with van der Waals surface area (Å²) in [7, 11) is 0. The average Bonchev–Trinajstić information content (AvgIpc) is 2.80. The first-order valence-corrected chi connectivity index (χ1v) is 7.65. The second-order valence-electron chi connectivity index (χ2n) is 4.18. The van der Waals surface area contributed by atoms with Gasteiger partial charge in [0.15, 0.2) is 0 Å². The van der Waals surface area contributed by atoms with Gasteiger partial charge in [-0.05, 0) is 24.3 Å². The number of rotatable bonds is 3. The van der Waals surface area contributed by atoms with Crippen molar-refractivity contribution in [2.75, 3.05) is 5.73 Å². The van der Waals surface area contributed by atoms with E-state index in [1.54, 1.807) is 0 Å². The standard InChI is InChI=1S/C14H10F2N2S2/c15-9-5-8(17)6-10(16)14(9)19-7-13-18-11-3-1-2-4-12(11)20-13/h1-6H,7,17H2. The topological polar surface area (TPSA) is 38.9 Å². The number of fused-ring (bicyclic) bond motifs is 1. The van der Waals surface area contributed by atoms with Gasteiger partial charge in [-0.25, -0.2) is 13.8 Å². The van der Waals surface area contributed by atoms with E-state index >= 15 is 0 Å². The Bertz CT molecular complexity index is 715. The number of para-hydroxylation sites is 1. The number of hydrogen-bond acceptors (Lipinski definition) is 4. The van der Waals surface area contributed by atoms with Crippen molar-refractivity contribution in [3.05, 3.63) is 53.0 Å². The molecule has 0 aliphatic carbocycles. The molecule has 2 nitrogen and oxygen atoms in total. The van der Waals surface area contributed by atoms with E-state index in [1.165, 1.54) is 11.3 Å². The highest BCUT2D eigenvalue weighted by molar-refractivity contribution is 7.98. The first kappa shape index (κ1) is 13.3. The zero-order valence-electron chi connectivity index (χ0n) is 10.3. The number of benzene rings is 2. The lowest BCUT2D eigenvalue weighted by molar-refractivity contribution is 0.542. The summed E-state index contributed by atoms with van der Waals surface area (Å²) in [6.45, 7) is 0. The van der Waals surface area contributed by atoms with Gasteiger partial charge >= 0.3 is 0 Å². The van der Waals surface area contributed by atoms with Crippen LogP contribution in [0.25, 0.3) is 10.2 Å². The molecule has 0 saturated heterocycles. The number of halogens is 2. The van der Waals surface area contributed by atoms with Crippen LogP contribution in [-0.2, 0) is 5.75 Å². The van der Waals surface area contributed by atoms with Gasteiger partial charge in [-0.3, -0.25) is 0 Å². The van der Waals surface area contributed by atoms with E-state index in [0.717, 1.165) is 39.1 Å². The molecule has 3 aromatic rings. The highest BCUT2D eigenvalue weighted by Gasteiger charge is 2.12. The number of hydrogen-bond donors (Lipinski definition) is 1. The Hall–Kier alpha value is -1.66. The predicted molar refractivity (Wildman–Crippen MR) is 80.0 cm³/mol. The van der Waals surface area contributed by atoms with E-state index in [1.807, 2.05) is 24.3 Å². The minimum absolute atomic E-state index is 0.0153. The Morgan fingerprint density at radius 3 is 2.55 bits per heavy atom. The number of nitrogen functional groups attached to an aromatic ring is 1. The van der Waals surface area contributed by atoms with Crippen LogP contribution in [0.4, 0.5) is 14.5 Å². The van der Waals surface area contributed by atoms with E-state index < -0.39 is 11.6 Å². The summed E-state index contributed by atoms with van der Waals surface area (Å²) >= 11 is 2.62. The van der Waals surface area contributed by atoms with Crippen LogP contribution in [-0.4, -0.2) is 4.98 Å². The first-order chi connectivity index (χ1) is 9.63. The number of nitrogens with two attached hydrogens (primary N) is 1. The second-order valence-corrected chi connectivity index (χ2v) is 6.28. The maximum atomic E-state index is 13.7. The third-order valence-electron chi connectivity index (χ3n) is 2.70. The molecular weight excluding hydrogens is 298 g/mol. The molecule has 0 spiro atoms. The Kier molecular flexibility index (Phi) is 3.58. The molecule has 0 aliphatic heterocycles. The molecule has 2 aromatic carbocycles. The van der Waals surface area contributed by atoms with Gasteiger partial charge in [0.1, 0.15) is 16.6 Å². The Labute approximate surface area is 122 Å². The van der Waals surface area contributed by atoms with Gasteiger partial charge in [-0.2, -0.15) is 0 Å². The highest BCUT2D eigenvalue weighted by Crippen LogP contribution is 2.32. The molecule has 1 heterocycles. The van der Waals surface area contributed by atoms with Gasteiger partial charge in [0, 0.05) is 5.69 Å². The predicted octanol–water partition coefficient (Wildman–Crippen LogP) is 4.45. The van der Waals surface area contributed by atoms with Crippen LogP contribution in [0.3, 0.4) is 0 Å². The van der Waals surface area contributed by atoms with Crippen molar-refractivity contribution in [1.82, 2.24) is 4.98 Å². The Morgan fingerprint density at radius 1 is 1.15 bits per heavy atom. The fraction of sp³-hybridized carbons (Fsp3) is 0.0714. The van der Waals surface area contributed by atoms with E-state index in [4.69, 9.17) is 5.73 Å². The van der Waals surface area contributed by atoms with Crippen LogP contribution in [0, 0.1) is 11.6 Å². The fourth-order valence-corrected chi connectivity index (χ4v) is 3.73. The van der Waals surface area contributed by atoms with Gasteiger partial charge in [0.25, 0.3) is 0 Å². The van der Waals surface area contributed by atoms with Crippen LogP contribution >= 0.6 is 23.1 Å². The van der Waals surface area contributed by atoms with E-state index in [0.29, 0.717) is 5.75 Å². The smallest absolute Gasteiger partial charge is 0.141 e. The lowest BCUT2D eigenvalue weighted by atomic mass is 10.3. The molecule has 1 aromatic heterocycles. The van der Waals surface area contributed by atoms with E-state index in [-0.39, 0.29) is 10.6 Å². The SMILES string of the molecule is Nc1cc(F)c(SCc2nc3ccccc3s2)c(F)c1. The first-order valence-electron chi connectivity index (χ1n) is 5.85. The molecule has 20 heavy (non-hydrogen) atoms. The average molecular weight is 308 g/mol. The second kappa shape index (κ2) is 5.38. The molecule has 0 unspecified atom stereocenters. The summed E-state index contributed by atoms with van der Waals surface area (Å²) in [6.07, 6.45) is 0. The molecular formula is C14H10F2N2S2. The molecule has 0 fully saturated rings. The molecule has 0 saturated carbocycles. The minimum atomic E-state index is -0.631. The van der Waals surface area contributed by atoms with Crippen LogP contribution in [0.1, 0.15) is 5.01 Å². The Balaban J connectivity index is 1.83. The summed E-state index contributed by atoms with van der Waals surface area (Å²) in [4.78, 5) is 4.42. The summed E-state index contributed by atoms with van der Waals surface area (Å²) in [5, 5.41) is 0.840. The lowest BCUT2D eigenvalue weighted by Crippen LogP contribution is -1.93. The van der Waals surface area contributed by atoms with Gasteiger partial charge < -0.3 is 5.73 Å². The molecule has 3 rings (SSSR count). The fourth-order valence-electron chi connectivity index (χ4n) is 1.83. The van der Waals surface area contributed by atoms with Crippen molar-refractivity contribution < 1.29 is 8.78 Å². The third kappa shape index (κ3) is 2.62. The lowest BCUT2D eigenvalue weighted by Gasteiger charge is -2.04. The molecule has 0 atom stereocenters. The molecule has 0 radical (unpaired) electrons. The van der Waals surface area contributed by atoms with Crippen molar-refractivity contribution in [3.63, 3.8) is 0 Å². The highest BCUT2D eigenvalue weighted by atomic mass is 32.2. The normalized spacial score (nSPS) is 11.1. The van der Waals surface area contributed by atoms with Crippen LogP contribution in [0.5, 0.6) is 0 Å². The van der Waals surface area contributed by atoms with Crippen molar-refractivity contribution in [2.45, 2.75) is 10.6 Å². The zero-order valence-corrected chi connectivity index (χ0v) is 11.9. The molecule has 2 N–H and O–H groups in total. The van der Waals surface area contributed by atoms with Crippen LogP contribution in [0.15, 0.2) is 41.3 Å². The van der Waals surface area contributed by atoms with Gasteiger partial charge in [-0.15, -0.1) is 23.1 Å². The van der Waals surface area contributed by atoms with Crippen molar-refractivity contribution in [3.8, 4) is 0 Å². The number of anilines is 1. The summed E-state index contributed by atoms with van der Waals surface area (Å²) in [6, 6.07) is 10.0. The van der Waals surface area contributed by atoms with Gasteiger partial charge in [0.2, 0.25) is 0 Å². The number of thiazole rings is 1. The molecule has 0 bridgehead atoms. The number of thioether (sulfide) groups is 1. The Morgan fingerprint density at radius 2 is 1.85 bits per heavy atom. The molecule has 0 amide bonds. The van der Waals surface area contributed by atoms with Crippen molar-refractivity contribution >= 4 is 39.0 Å². The molecule has 0 aliphatic rings. The number of nitrogens with zero attached hydrogens (tertiary/aromatic N) is 1. The van der Waals surface area contributed by atoms with Crippen molar-refractivity contribution in [2.24, 2.45) is 0 Å². The van der Waals surface area contributed by atoms with Crippen molar-refractivity contribution in [1.29, 1.82) is 0 Å². The summed E-state index contributed by atoms with van der Waals surface area (Å²) < 4.78 is 28.4. The summed E-state index contributed by atoms with van der Waals surface area (Å²) in [5.41, 5.74) is 6.38.